The zero-order valence-electron chi connectivity index (χ0n) is 18.8. The Morgan fingerprint density at radius 1 is 1.29 bits per heavy atom. The van der Waals surface area contributed by atoms with E-state index in [0.717, 1.165) is 17.9 Å². The molecule has 31 heavy (non-hydrogen) atoms. The molecule has 0 saturated carbocycles. The monoisotopic (exact) mass is 446 g/mol. The molecule has 0 amide bonds. The first kappa shape index (κ1) is 23.0. The first-order valence-electron chi connectivity index (χ1n) is 10.4. The maximum absolute atomic E-state index is 14.6. The van der Waals surface area contributed by atoms with Gasteiger partial charge in [0.1, 0.15) is 12.2 Å². The summed E-state index contributed by atoms with van der Waals surface area (Å²) in [6.45, 7) is 11.6. The zero-order chi connectivity index (χ0) is 22.8. The first-order chi connectivity index (χ1) is 14.6. The Hall–Kier alpha value is -2.65. The summed E-state index contributed by atoms with van der Waals surface area (Å²) in [6.07, 6.45) is 2.62. The van der Waals surface area contributed by atoms with Crippen LogP contribution in [0.25, 0.3) is 11.0 Å². The standard InChI is InChI=1S/C22H31FN4O3Si/c1-15(2)30-21-17(23)12-25-19-11-16(13-26-8-6-7-18(24)22(26)28)27(20(19)21)14-29-9-10-31(3,4)5/h6-8,11-12,15H,9-10,13-14,24H2,1-5H3. The molecule has 3 heterocycles. The number of nitrogens with two attached hydrogens (primary N) is 1. The molecule has 0 fully saturated rings. The molecule has 0 spiro atoms. The van der Waals surface area contributed by atoms with Crippen molar-refractivity contribution < 1.29 is 13.9 Å². The van der Waals surface area contributed by atoms with Gasteiger partial charge in [-0.15, -0.1) is 0 Å². The van der Waals surface area contributed by atoms with E-state index >= 15 is 0 Å². The molecule has 7 nitrogen and oxygen atoms in total. The molecule has 2 N–H and O–H groups in total. The summed E-state index contributed by atoms with van der Waals surface area (Å²) in [5.74, 6) is -0.393. The van der Waals surface area contributed by atoms with Crippen LogP contribution >= 0.6 is 0 Å². The molecule has 3 rings (SSSR count). The summed E-state index contributed by atoms with van der Waals surface area (Å²) in [5.41, 5.74) is 7.53. The average molecular weight is 447 g/mol. The fourth-order valence-electron chi connectivity index (χ4n) is 3.24. The van der Waals surface area contributed by atoms with Gasteiger partial charge in [-0.05, 0) is 38.1 Å². The lowest BCUT2D eigenvalue weighted by Gasteiger charge is -2.18. The van der Waals surface area contributed by atoms with Gasteiger partial charge in [-0.3, -0.25) is 9.78 Å². The molecule has 168 valence electrons. The number of anilines is 1. The smallest absolute Gasteiger partial charge is 0.274 e. The number of hydrogen-bond acceptors (Lipinski definition) is 5. The van der Waals surface area contributed by atoms with Crippen molar-refractivity contribution in [2.75, 3.05) is 12.3 Å². The Morgan fingerprint density at radius 2 is 2.03 bits per heavy atom. The van der Waals surface area contributed by atoms with Crippen LogP contribution in [0.1, 0.15) is 19.5 Å². The molecular weight excluding hydrogens is 415 g/mol. The average Bonchev–Trinajstić information content (AvgIpc) is 3.01. The minimum absolute atomic E-state index is 0.139. The molecule has 0 unspecified atom stereocenters. The largest absolute Gasteiger partial charge is 0.486 e. The zero-order valence-corrected chi connectivity index (χ0v) is 19.8. The number of ether oxygens (including phenoxy) is 2. The van der Waals surface area contributed by atoms with Crippen LogP contribution in [0, 0.1) is 5.82 Å². The SMILES string of the molecule is CC(C)Oc1c(F)cnc2cc(Cn3cccc(N)c3=O)n(COCC[Si](C)(C)C)c12. The fraction of sp³-hybridized carbons (Fsp3) is 0.455. The molecule has 3 aromatic rings. The molecule has 0 bridgehead atoms. The van der Waals surface area contributed by atoms with Crippen molar-refractivity contribution in [3.05, 3.63) is 52.5 Å². The summed E-state index contributed by atoms with van der Waals surface area (Å²) in [5, 5.41) is 0. The number of halogens is 1. The Morgan fingerprint density at radius 3 is 2.71 bits per heavy atom. The fourth-order valence-corrected chi connectivity index (χ4v) is 3.99. The van der Waals surface area contributed by atoms with Crippen LogP contribution in [0.5, 0.6) is 5.75 Å². The van der Waals surface area contributed by atoms with E-state index in [4.69, 9.17) is 15.2 Å². The van der Waals surface area contributed by atoms with Gasteiger partial charge in [-0.1, -0.05) is 19.6 Å². The van der Waals surface area contributed by atoms with Gasteiger partial charge in [0, 0.05) is 26.6 Å². The van der Waals surface area contributed by atoms with Crippen molar-refractivity contribution in [3.63, 3.8) is 0 Å². The van der Waals surface area contributed by atoms with Gasteiger partial charge in [0.15, 0.2) is 11.6 Å². The van der Waals surface area contributed by atoms with Gasteiger partial charge in [-0.2, -0.15) is 0 Å². The van der Waals surface area contributed by atoms with E-state index in [1.807, 2.05) is 24.5 Å². The molecule has 0 aliphatic heterocycles. The topological polar surface area (TPSA) is 84.3 Å². The van der Waals surface area contributed by atoms with Crippen LogP contribution in [-0.2, 0) is 18.0 Å². The second kappa shape index (κ2) is 9.23. The van der Waals surface area contributed by atoms with E-state index in [-0.39, 0.29) is 36.4 Å². The molecule has 0 saturated heterocycles. The third kappa shape index (κ3) is 5.53. The maximum atomic E-state index is 14.6. The second-order valence-electron chi connectivity index (χ2n) is 9.14. The Labute approximate surface area is 182 Å². The summed E-state index contributed by atoms with van der Waals surface area (Å²) in [6, 6.07) is 6.14. The van der Waals surface area contributed by atoms with Crippen LogP contribution < -0.4 is 16.0 Å². The number of fused-ring (bicyclic) bond motifs is 1. The molecule has 0 aliphatic carbocycles. The number of rotatable bonds is 9. The second-order valence-corrected chi connectivity index (χ2v) is 14.8. The van der Waals surface area contributed by atoms with Crippen molar-refractivity contribution in [3.8, 4) is 5.75 Å². The lowest BCUT2D eigenvalue weighted by Crippen LogP contribution is -2.24. The maximum Gasteiger partial charge on any atom is 0.274 e. The number of hydrogen-bond donors (Lipinski definition) is 1. The number of pyridine rings is 2. The lowest BCUT2D eigenvalue weighted by atomic mass is 10.3. The van der Waals surface area contributed by atoms with Crippen molar-refractivity contribution >= 4 is 24.8 Å². The van der Waals surface area contributed by atoms with Gasteiger partial charge in [0.2, 0.25) is 0 Å². The summed E-state index contributed by atoms with van der Waals surface area (Å²) < 4.78 is 29.8. The highest BCUT2D eigenvalue weighted by molar-refractivity contribution is 6.76. The highest BCUT2D eigenvalue weighted by atomic mass is 28.3. The molecule has 0 aromatic carbocycles. The predicted molar refractivity (Wildman–Crippen MR) is 124 cm³/mol. The van der Waals surface area contributed by atoms with Crippen LogP contribution in [0.4, 0.5) is 10.1 Å². The molecular formula is C22H31FN4O3Si. The summed E-state index contributed by atoms with van der Waals surface area (Å²) in [4.78, 5) is 16.7. The molecule has 0 radical (unpaired) electrons. The van der Waals surface area contributed by atoms with E-state index in [1.54, 1.807) is 18.3 Å². The highest BCUT2D eigenvalue weighted by Gasteiger charge is 2.20. The van der Waals surface area contributed by atoms with Gasteiger partial charge < -0.3 is 24.3 Å². The van der Waals surface area contributed by atoms with E-state index in [0.29, 0.717) is 17.6 Å². The Bertz CT molecular complexity index is 1120. The Kier molecular flexibility index (Phi) is 6.85. The van der Waals surface area contributed by atoms with Crippen molar-refractivity contribution in [2.24, 2.45) is 0 Å². The number of nitrogen functional groups attached to an aromatic ring is 1. The number of nitrogens with zero attached hydrogens (tertiary/aromatic N) is 3. The minimum Gasteiger partial charge on any atom is -0.486 e. The molecule has 9 heteroatoms. The van der Waals surface area contributed by atoms with E-state index in [2.05, 4.69) is 24.6 Å². The molecule has 3 aromatic heterocycles. The minimum atomic E-state index is -1.25. The summed E-state index contributed by atoms with van der Waals surface area (Å²) in [7, 11) is -1.25. The van der Waals surface area contributed by atoms with Gasteiger partial charge in [0.25, 0.3) is 5.56 Å². The normalized spacial score (nSPS) is 12.1. The number of aromatic nitrogens is 3. The molecule has 0 atom stereocenters. The quantitative estimate of drug-likeness (QED) is 0.396. The van der Waals surface area contributed by atoms with Crippen LogP contribution in [-0.4, -0.2) is 34.9 Å². The van der Waals surface area contributed by atoms with E-state index < -0.39 is 13.9 Å². The molecule has 0 aliphatic rings. The highest BCUT2D eigenvalue weighted by Crippen LogP contribution is 2.31. The van der Waals surface area contributed by atoms with Gasteiger partial charge in [-0.25, -0.2) is 4.39 Å². The Balaban J connectivity index is 2.05. The van der Waals surface area contributed by atoms with Crippen LogP contribution in [0.3, 0.4) is 0 Å². The third-order valence-corrected chi connectivity index (χ3v) is 6.57. The van der Waals surface area contributed by atoms with Crippen LogP contribution in [0.2, 0.25) is 25.7 Å². The van der Waals surface area contributed by atoms with Gasteiger partial charge >= 0.3 is 0 Å². The van der Waals surface area contributed by atoms with Crippen molar-refractivity contribution in [1.82, 2.24) is 14.1 Å². The van der Waals surface area contributed by atoms with Crippen LogP contribution in [0.15, 0.2) is 35.4 Å². The third-order valence-electron chi connectivity index (χ3n) is 4.86. The van der Waals surface area contributed by atoms with Gasteiger partial charge in [0.05, 0.1) is 30.0 Å². The predicted octanol–water partition coefficient (Wildman–Crippen LogP) is 4.07. The van der Waals surface area contributed by atoms with Crippen molar-refractivity contribution in [1.29, 1.82) is 0 Å². The first-order valence-corrected chi connectivity index (χ1v) is 14.1. The lowest BCUT2D eigenvalue weighted by molar-refractivity contribution is 0.0876. The van der Waals surface area contributed by atoms with E-state index in [9.17, 15) is 9.18 Å². The van der Waals surface area contributed by atoms with Crippen molar-refractivity contribution in [2.45, 2.75) is 58.9 Å². The van der Waals surface area contributed by atoms with E-state index in [1.165, 1.54) is 4.57 Å². The summed E-state index contributed by atoms with van der Waals surface area (Å²) >= 11 is 0.